The molecule has 0 N–H and O–H groups in total. The van der Waals surface area contributed by atoms with Crippen LogP contribution in [0.15, 0.2) is 11.6 Å². The van der Waals surface area contributed by atoms with Gasteiger partial charge in [-0.05, 0) is 37.2 Å². The number of carbonyl (C=O) groups excluding carboxylic acids is 2. The van der Waals surface area contributed by atoms with Crippen molar-refractivity contribution in [1.82, 2.24) is 0 Å². The largest absolute Gasteiger partial charge is 0.299 e. The molecule has 3 aliphatic carbocycles. The summed E-state index contributed by atoms with van der Waals surface area (Å²) in [6.45, 7) is 0. The monoisotopic (exact) mass is 190 g/mol. The summed E-state index contributed by atoms with van der Waals surface area (Å²) in [6.07, 6.45) is 7.20. The Labute approximate surface area is 83.4 Å². The smallest absolute Gasteiger partial charge is 0.155 e. The molecule has 0 aromatic carbocycles. The van der Waals surface area contributed by atoms with E-state index in [2.05, 4.69) is 0 Å². The number of fused-ring (bicyclic) bond motifs is 1. The van der Waals surface area contributed by atoms with Crippen molar-refractivity contribution >= 4 is 11.6 Å². The molecule has 1 spiro atoms. The minimum atomic E-state index is 0.251. The van der Waals surface area contributed by atoms with E-state index >= 15 is 0 Å². The molecule has 0 radical (unpaired) electrons. The highest BCUT2D eigenvalue weighted by Gasteiger charge is 2.50. The Bertz CT molecular complexity index is 353. The van der Waals surface area contributed by atoms with Crippen LogP contribution in [0.3, 0.4) is 0 Å². The Morgan fingerprint density at radius 1 is 1.21 bits per heavy atom. The molecular formula is C12H14O2. The summed E-state index contributed by atoms with van der Waals surface area (Å²) in [6, 6.07) is 0. The Morgan fingerprint density at radius 3 is 2.86 bits per heavy atom. The molecule has 3 aliphatic rings. The highest BCUT2D eigenvalue weighted by Crippen LogP contribution is 2.57. The Hall–Kier alpha value is -0.920. The fourth-order valence-electron chi connectivity index (χ4n) is 3.44. The zero-order chi connectivity index (χ0) is 9.76. The fraction of sp³-hybridized carbons (Fsp3) is 0.667. The van der Waals surface area contributed by atoms with Gasteiger partial charge in [-0.1, -0.05) is 5.57 Å². The number of ketones is 2. The van der Waals surface area contributed by atoms with Crippen LogP contribution in [0, 0.1) is 11.3 Å². The topological polar surface area (TPSA) is 34.1 Å². The molecule has 0 saturated heterocycles. The zero-order valence-electron chi connectivity index (χ0n) is 8.21. The van der Waals surface area contributed by atoms with Crippen LogP contribution in [0.5, 0.6) is 0 Å². The normalized spacial score (nSPS) is 40.9. The Balaban J connectivity index is 2.03. The lowest BCUT2D eigenvalue weighted by Crippen LogP contribution is -2.29. The van der Waals surface area contributed by atoms with Crippen LogP contribution >= 0.6 is 0 Å². The van der Waals surface area contributed by atoms with Gasteiger partial charge in [0.15, 0.2) is 5.78 Å². The fourth-order valence-corrected chi connectivity index (χ4v) is 3.44. The molecule has 74 valence electrons. The summed E-state index contributed by atoms with van der Waals surface area (Å²) in [7, 11) is 0. The van der Waals surface area contributed by atoms with E-state index in [1.807, 2.05) is 6.08 Å². The minimum Gasteiger partial charge on any atom is -0.299 e. The van der Waals surface area contributed by atoms with Gasteiger partial charge < -0.3 is 0 Å². The van der Waals surface area contributed by atoms with Gasteiger partial charge in [0.2, 0.25) is 0 Å². The van der Waals surface area contributed by atoms with Gasteiger partial charge in [0.25, 0.3) is 0 Å². The second-order valence-electron chi connectivity index (χ2n) is 4.99. The molecule has 2 fully saturated rings. The summed E-state index contributed by atoms with van der Waals surface area (Å²) in [5.74, 6) is 0.949. The van der Waals surface area contributed by atoms with E-state index < -0.39 is 0 Å². The molecule has 2 atom stereocenters. The molecule has 0 heterocycles. The lowest BCUT2D eigenvalue weighted by atomic mass is 9.68. The summed E-state index contributed by atoms with van der Waals surface area (Å²) in [5.41, 5.74) is 1.57. The van der Waals surface area contributed by atoms with Gasteiger partial charge in [0.1, 0.15) is 5.78 Å². The highest BCUT2D eigenvalue weighted by atomic mass is 16.1. The average Bonchev–Trinajstić information content (AvgIpc) is 2.48. The van der Waals surface area contributed by atoms with Crippen molar-refractivity contribution in [2.45, 2.75) is 38.5 Å². The van der Waals surface area contributed by atoms with Crippen molar-refractivity contribution in [3.63, 3.8) is 0 Å². The number of carbonyl (C=O) groups is 2. The predicted octanol–water partition coefficient (Wildman–Crippen LogP) is 2.04. The molecule has 14 heavy (non-hydrogen) atoms. The van der Waals surface area contributed by atoms with Crippen molar-refractivity contribution in [3.8, 4) is 0 Å². The first kappa shape index (κ1) is 8.39. The van der Waals surface area contributed by atoms with Gasteiger partial charge in [-0.2, -0.15) is 0 Å². The number of Topliss-reactive ketones (excluding diaryl/α,β-unsaturated/α-hetero) is 1. The van der Waals surface area contributed by atoms with Gasteiger partial charge in [-0.15, -0.1) is 0 Å². The lowest BCUT2D eigenvalue weighted by Gasteiger charge is -2.35. The molecule has 0 amide bonds. The summed E-state index contributed by atoms with van der Waals surface area (Å²) in [4.78, 5) is 22.9. The van der Waals surface area contributed by atoms with Crippen LogP contribution < -0.4 is 0 Å². The first-order valence-electron chi connectivity index (χ1n) is 5.46. The first-order chi connectivity index (χ1) is 6.70. The van der Waals surface area contributed by atoms with Crippen LogP contribution in [0.1, 0.15) is 38.5 Å². The molecule has 3 rings (SSSR count). The molecule has 2 nitrogen and oxygen atoms in total. The lowest BCUT2D eigenvalue weighted by molar-refractivity contribution is -0.125. The Kier molecular flexibility index (Phi) is 1.53. The minimum absolute atomic E-state index is 0.251. The number of rotatable bonds is 0. The third-order valence-electron chi connectivity index (χ3n) is 4.28. The zero-order valence-corrected chi connectivity index (χ0v) is 8.21. The van der Waals surface area contributed by atoms with Crippen LogP contribution in [0.25, 0.3) is 0 Å². The maximum atomic E-state index is 11.6. The van der Waals surface area contributed by atoms with Crippen molar-refractivity contribution in [1.29, 1.82) is 0 Å². The average molecular weight is 190 g/mol. The second-order valence-corrected chi connectivity index (χ2v) is 4.99. The number of hydrogen-bond donors (Lipinski definition) is 0. The maximum absolute atomic E-state index is 11.6. The molecule has 0 aliphatic heterocycles. The van der Waals surface area contributed by atoms with E-state index in [9.17, 15) is 9.59 Å². The molecule has 2 heteroatoms. The molecule has 2 unspecified atom stereocenters. The second kappa shape index (κ2) is 2.56. The molecule has 2 saturated carbocycles. The number of allylic oxidation sites excluding steroid dienone is 2. The van der Waals surface area contributed by atoms with E-state index in [-0.39, 0.29) is 17.1 Å². The molecule has 2 bridgehead atoms. The summed E-state index contributed by atoms with van der Waals surface area (Å²) >= 11 is 0. The van der Waals surface area contributed by atoms with Gasteiger partial charge in [-0.3, -0.25) is 9.59 Å². The molecular weight excluding hydrogens is 176 g/mol. The van der Waals surface area contributed by atoms with E-state index in [1.165, 1.54) is 5.57 Å². The van der Waals surface area contributed by atoms with E-state index in [0.717, 1.165) is 32.1 Å². The first-order valence-corrected chi connectivity index (χ1v) is 5.46. The van der Waals surface area contributed by atoms with Gasteiger partial charge in [0, 0.05) is 18.8 Å². The third kappa shape index (κ3) is 0.969. The van der Waals surface area contributed by atoms with Crippen LogP contribution in [-0.2, 0) is 9.59 Å². The molecule has 0 aromatic heterocycles. The van der Waals surface area contributed by atoms with Crippen molar-refractivity contribution in [3.05, 3.63) is 11.6 Å². The summed E-state index contributed by atoms with van der Waals surface area (Å²) in [5, 5.41) is 0. The van der Waals surface area contributed by atoms with E-state index in [4.69, 9.17) is 0 Å². The van der Waals surface area contributed by atoms with Crippen LogP contribution in [0.4, 0.5) is 0 Å². The van der Waals surface area contributed by atoms with E-state index in [0.29, 0.717) is 12.2 Å². The van der Waals surface area contributed by atoms with Crippen LogP contribution in [0.2, 0.25) is 0 Å². The predicted molar refractivity (Wildman–Crippen MR) is 51.7 cm³/mol. The van der Waals surface area contributed by atoms with Gasteiger partial charge >= 0.3 is 0 Å². The van der Waals surface area contributed by atoms with Crippen molar-refractivity contribution in [2.24, 2.45) is 11.3 Å². The SMILES string of the molecule is O=C1C=C2CC3CC2(CC1)CCC3=O. The van der Waals surface area contributed by atoms with E-state index in [1.54, 1.807) is 0 Å². The summed E-state index contributed by atoms with van der Waals surface area (Å²) < 4.78 is 0. The number of hydrogen-bond acceptors (Lipinski definition) is 2. The maximum Gasteiger partial charge on any atom is 0.155 e. The van der Waals surface area contributed by atoms with Gasteiger partial charge in [-0.25, -0.2) is 0 Å². The standard InChI is InChI=1S/C12H14O2/c13-10-1-3-12-4-2-11(14)8(7-12)5-9(12)6-10/h6,8H,1-5,7H2. The quantitative estimate of drug-likeness (QED) is 0.585. The molecule has 0 aromatic rings. The highest BCUT2D eigenvalue weighted by molar-refractivity contribution is 5.93. The van der Waals surface area contributed by atoms with Crippen molar-refractivity contribution in [2.75, 3.05) is 0 Å². The van der Waals surface area contributed by atoms with Crippen molar-refractivity contribution < 1.29 is 9.59 Å². The van der Waals surface area contributed by atoms with Gasteiger partial charge in [0.05, 0.1) is 0 Å². The third-order valence-corrected chi connectivity index (χ3v) is 4.28. The van der Waals surface area contributed by atoms with Crippen LogP contribution in [-0.4, -0.2) is 11.6 Å². The Morgan fingerprint density at radius 2 is 2.00 bits per heavy atom.